The molecule has 0 saturated carbocycles. The van der Waals surface area contributed by atoms with Crippen LogP contribution in [-0.2, 0) is 10.8 Å². The minimum atomic E-state index is -1.02. The van der Waals surface area contributed by atoms with Crippen molar-refractivity contribution in [1.82, 2.24) is 0 Å². The summed E-state index contributed by atoms with van der Waals surface area (Å²) in [6.07, 6.45) is 0. The molecule has 0 fully saturated rings. The standard InChI is InChI=1S/C14H15NO2S/c15-12-5-4-6-13(11-12)17-9-10-18(16)14-7-2-1-3-8-14/h1-8,11H,9-10,15H2. The summed E-state index contributed by atoms with van der Waals surface area (Å²) in [5.74, 6) is 1.18. The molecular weight excluding hydrogens is 246 g/mol. The molecule has 1 unspecified atom stereocenters. The van der Waals surface area contributed by atoms with Crippen LogP contribution < -0.4 is 10.5 Å². The van der Waals surface area contributed by atoms with E-state index in [2.05, 4.69) is 0 Å². The van der Waals surface area contributed by atoms with E-state index in [9.17, 15) is 4.21 Å². The smallest absolute Gasteiger partial charge is 0.121 e. The van der Waals surface area contributed by atoms with Crippen LogP contribution in [0.1, 0.15) is 0 Å². The summed E-state index contributed by atoms with van der Waals surface area (Å²) in [5, 5.41) is 0. The van der Waals surface area contributed by atoms with Gasteiger partial charge in [0.05, 0.1) is 16.6 Å². The summed E-state index contributed by atoms with van der Waals surface area (Å²) >= 11 is 0. The molecule has 1 atom stereocenters. The Morgan fingerprint density at radius 1 is 1.06 bits per heavy atom. The lowest BCUT2D eigenvalue weighted by atomic mass is 10.3. The molecule has 0 bridgehead atoms. The molecule has 0 heterocycles. The van der Waals surface area contributed by atoms with Crippen LogP contribution in [-0.4, -0.2) is 16.6 Å². The summed E-state index contributed by atoms with van der Waals surface area (Å²) in [4.78, 5) is 0.827. The quantitative estimate of drug-likeness (QED) is 0.841. The van der Waals surface area contributed by atoms with Gasteiger partial charge >= 0.3 is 0 Å². The molecule has 0 radical (unpaired) electrons. The summed E-state index contributed by atoms with van der Waals surface area (Å²) in [7, 11) is -1.02. The lowest BCUT2D eigenvalue weighted by Gasteiger charge is -2.06. The molecule has 2 rings (SSSR count). The van der Waals surface area contributed by atoms with Crippen molar-refractivity contribution in [3.8, 4) is 5.75 Å². The maximum absolute atomic E-state index is 11.9. The van der Waals surface area contributed by atoms with Crippen LogP contribution in [0.2, 0.25) is 0 Å². The molecule has 2 aromatic carbocycles. The molecular formula is C14H15NO2S. The Hall–Kier alpha value is -1.81. The minimum absolute atomic E-state index is 0.408. The van der Waals surface area contributed by atoms with Gasteiger partial charge in [0.25, 0.3) is 0 Å². The monoisotopic (exact) mass is 261 g/mol. The maximum Gasteiger partial charge on any atom is 0.121 e. The van der Waals surface area contributed by atoms with Gasteiger partial charge in [-0.15, -0.1) is 0 Å². The number of anilines is 1. The van der Waals surface area contributed by atoms with Crippen molar-refractivity contribution >= 4 is 16.5 Å². The fourth-order valence-corrected chi connectivity index (χ4v) is 2.46. The van der Waals surface area contributed by atoms with Gasteiger partial charge in [0.2, 0.25) is 0 Å². The second-order valence-corrected chi connectivity index (χ2v) is 5.35. The summed E-state index contributed by atoms with van der Waals surface area (Å²) in [5.41, 5.74) is 6.30. The second kappa shape index (κ2) is 6.21. The van der Waals surface area contributed by atoms with E-state index in [1.165, 1.54) is 0 Å². The van der Waals surface area contributed by atoms with E-state index in [0.29, 0.717) is 23.8 Å². The van der Waals surface area contributed by atoms with Crippen molar-refractivity contribution in [2.75, 3.05) is 18.1 Å². The minimum Gasteiger partial charge on any atom is -0.493 e. The first kappa shape index (κ1) is 12.6. The highest BCUT2D eigenvalue weighted by atomic mass is 32.2. The van der Waals surface area contributed by atoms with Crippen molar-refractivity contribution in [2.45, 2.75) is 4.90 Å². The highest BCUT2D eigenvalue weighted by Crippen LogP contribution is 2.14. The number of hydrogen-bond acceptors (Lipinski definition) is 3. The molecule has 0 amide bonds. The number of hydrogen-bond donors (Lipinski definition) is 1. The zero-order valence-corrected chi connectivity index (χ0v) is 10.7. The predicted molar refractivity (Wildman–Crippen MR) is 74.1 cm³/mol. The van der Waals surface area contributed by atoms with Crippen LogP contribution in [0.15, 0.2) is 59.5 Å². The van der Waals surface area contributed by atoms with Crippen molar-refractivity contribution in [3.05, 3.63) is 54.6 Å². The molecule has 2 aromatic rings. The number of nitrogens with two attached hydrogens (primary N) is 1. The van der Waals surface area contributed by atoms with E-state index in [0.717, 1.165) is 4.90 Å². The van der Waals surface area contributed by atoms with Gasteiger partial charge < -0.3 is 10.5 Å². The Balaban J connectivity index is 1.84. The predicted octanol–water partition coefficient (Wildman–Crippen LogP) is 2.46. The fraction of sp³-hybridized carbons (Fsp3) is 0.143. The van der Waals surface area contributed by atoms with Gasteiger partial charge in [0.15, 0.2) is 0 Å². The summed E-state index contributed by atoms with van der Waals surface area (Å²) in [6.45, 7) is 0.408. The SMILES string of the molecule is Nc1cccc(OCCS(=O)c2ccccc2)c1. The van der Waals surface area contributed by atoms with Crippen molar-refractivity contribution in [1.29, 1.82) is 0 Å². The van der Waals surface area contributed by atoms with Gasteiger partial charge in [-0.1, -0.05) is 24.3 Å². The molecule has 0 aromatic heterocycles. The van der Waals surface area contributed by atoms with Crippen LogP contribution in [0.3, 0.4) is 0 Å². The molecule has 18 heavy (non-hydrogen) atoms. The van der Waals surface area contributed by atoms with Crippen molar-refractivity contribution in [2.24, 2.45) is 0 Å². The topological polar surface area (TPSA) is 52.3 Å². The molecule has 0 spiro atoms. The third kappa shape index (κ3) is 3.60. The first-order chi connectivity index (χ1) is 8.75. The Morgan fingerprint density at radius 3 is 2.56 bits per heavy atom. The lowest BCUT2D eigenvalue weighted by molar-refractivity contribution is 0.343. The van der Waals surface area contributed by atoms with Crippen LogP contribution in [0.5, 0.6) is 5.75 Å². The van der Waals surface area contributed by atoms with Crippen molar-refractivity contribution < 1.29 is 8.95 Å². The van der Waals surface area contributed by atoms with Crippen LogP contribution in [0.4, 0.5) is 5.69 Å². The summed E-state index contributed by atoms with van der Waals surface area (Å²) < 4.78 is 17.4. The van der Waals surface area contributed by atoms with E-state index < -0.39 is 10.8 Å². The third-order valence-corrected chi connectivity index (χ3v) is 3.74. The maximum atomic E-state index is 11.9. The molecule has 0 aliphatic rings. The molecule has 2 N–H and O–H groups in total. The molecule has 0 aliphatic carbocycles. The number of nitrogen functional groups attached to an aromatic ring is 1. The zero-order valence-electron chi connectivity index (χ0n) is 9.91. The van der Waals surface area contributed by atoms with Gasteiger partial charge in [0.1, 0.15) is 12.4 Å². The lowest BCUT2D eigenvalue weighted by Crippen LogP contribution is -2.08. The largest absolute Gasteiger partial charge is 0.493 e. The highest BCUT2D eigenvalue weighted by molar-refractivity contribution is 7.85. The van der Waals surface area contributed by atoms with Gasteiger partial charge in [-0.25, -0.2) is 0 Å². The average molecular weight is 261 g/mol. The molecule has 4 heteroatoms. The van der Waals surface area contributed by atoms with Gasteiger partial charge in [-0.05, 0) is 24.3 Å². The van der Waals surface area contributed by atoms with E-state index in [1.54, 1.807) is 12.1 Å². The highest BCUT2D eigenvalue weighted by Gasteiger charge is 2.03. The normalized spacial score (nSPS) is 12.0. The Labute approximate surface area is 109 Å². The van der Waals surface area contributed by atoms with E-state index in [1.807, 2.05) is 42.5 Å². The second-order valence-electron chi connectivity index (χ2n) is 3.78. The Morgan fingerprint density at radius 2 is 1.83 bits per heavy atom. The number of ether oxygens (including phenoxy) is 1. The van der Waals surface area contributed by atoms with E-state index in [4.69, 9.17) is 10.5 Å². The molecule has 3 nitrogen and oxygen atoms in total. The fourth-order valence-electron chi connectivity index (χ4n) is 1.53. The van der Waals surface area contributed by atoms with E-state index >= 15 is 0 Å². The molecule has 94 valence electrons. The Bertz CT molecular complexity index is 528. The first-order valence-electron chi connectivity index (χ1n) is 5.67. The van der Waals surface area contributed by atoms with Crippen molar-refractivity contribution in [3.63, 3.8) is 0 Å². The number of rotatable bonds is 5. The van der Waals surface area contributed by atoms with Gasteiger partial charge in [-0.3, -0.25) is 4.21 Å². The van der Waals surface area contributed by atoms with Crippen LogP contribution in [0.25, 0.3) is 0 Å². The summed E-state index contributed by atoms with van der Waals surface area (Å²) in [6, 6.07) is 16.6. The zero-order chi connectivity index (χ0) is 12.8. The van der Waals surface area contributed by atoms with Gasteiger partial charge in [0, 0.05) is 16.6 Å². The van der Waals surface area contributed by atoms with Crippen LogP contribution in [0, 0.1) is 0 Å². The third-order valence-electron chi connectivity index (χ3n) is 2.40. The molecule has 0 saturated heterocycles. The molecule has 0 aliphatic heterocycles. The Kier molecular flexibility index (Phi) is 4.36. The van der Waals surface area contributed by atoms with Crippen LogP contribution >= 0.6 is 0 Å². The first-order valence-corrected chi connectivity index (χ1v) is 6.99. The number of benzene rings is 2. The average Bonchev–Trinajstić information content (AvgIpc) is 2.40. The van der Waals surface area contributed by atoms with E-state index in [-0.39, 0.29) is 0 Å². The van der Waals surface area contributed by atoms with Gasteiger partial charge in [-0.2, -0.15) is 0 Å².